The molecule has 94 valence electrons. The van der Waals surface area contributed by atoms with Gasteiger partial charge in [-0.05, 0) is 31.3 Å². The van der Waals surface area contributed by atoms with Crippen molar-refractivity contribution in [2.24, 2.45) is 0 Å². The maximum absolute atomic E-state index is 4.99. The SMILES string of the molecule is Cc1n[nH]c(=S)nc1Nc1cccc2cccnc12. The summed E-state index contributed by atoms with van der Waals surface area (Å²) < 4.78 is 0.348. The molecule has 19 heavy (non-hydrogen) atoms. The summed E-state index contributed by atoms with van der Waals surface area (Å²) in [6.07, 6.45) is 1.77. The molecule has 0 amide bonds. The summed E-state index contributed by atoms with van der Waals surface area (Å²) in [7, 11) is 0. The van der Waals surface area contributed by atoms with Crippen LogP contribution in [0, 0.1) is 11.7 Å². The first-order valence-corrected chi connectivity index (χ1v) is 6.19. The number of nitrogens with zero attached hydrogens (tertiary/aromatic N) is 3. The third-order valence-electron chi connectivity index (χ3n) is 2.76. The molecule has 0 radical (unpaired) electrons. The average molecular weight is 269 g/mol. The minimum Gasteiger partial charge on any atom is -0.337 e. The van der Waals surface area contributed by atoms with Gasteiger partial charge in [-0.1, -0.05) is 18.2 Å². The van der Waals surface area contributed by atoms with E-state index in [4.69, 9.17) is 12.2 Å². The summed E-state index contributed by atoms with van der Waals surface area (Å²) in [4.78, 5) is 8.62. The van der Waals surface area contributed by atoms with Crippen LogP contribution in [0.25, 0.3) is 10.9 Å². The molecule has 0 atom stereocenters. The first-order valence-electron chi connectivity index (χ1n) is 5.78. The van der Waals surface area contributed by atoms with E-state index in [0.717, 1.165) is 22.3 Å². The summed E-state index contributed by atoms with van der Waals surface area (Å²) in [6, 6.07) is 9.87. The van der Waals surface area contributed by atoms with Gasteiger partial charge in [0, 0.05) is 11.6 Å². The predicted molar refractivity (Wildman–Crippen MR) is 77.0 cm³/mol. The Hall–Kier alpha value is -2.34. The Morgan fingerprint density at radius 3 is 2.95 bits per heavy atom. The van der Waals surface area contributed by atoms with Crippen molar-refractivity contribution in [2.45, 2.75) is 6.92 Å². The van der Waals surface area contributed by atoms with E-state index in [9.17, 15) is 0 Å². The number of fused-ring (bicyclic) bond motifs is 1. The molecule has 0 aliphatic rings. The van der Waals surface area contributed by atoms with Crippen molar-refractivity contribution in [3.8, 4) is 0 Å². The monoisotopic (exact) mass is 269 g/mol. The number of aromatic nitrogens is 4. The molecule has 2 aromatic heterocycles. The molecule has 0 unspecified atom stereocenters. The Balaban J connectivity index is 2.11. The van der Waals surface area contributed by atoms with Crippen molar-refractivity contribution in [1.29, 1.82) is 0 Å². The Kier molecular flexibility index (Phi) is 2.92. The first kappa shape index (κ1) is 11.7. The van der Waals surface area contributed by atoms with Crippen LogP contribution in [-0.2, 0) is 0 Å². The second-order valence-electron chi connectivity index (χ2n) is 4.08. The summed E-state index contributed by atoms with van der Waals surface area (Å²) in [5, 5.41) is 11.0. The van der Waals surface area contributed by atoms with Crippen LogP contribution in [0.5, 0.6) is 0 Å². The molecule has 0 aliphatic heterocycles. The Morgan fingerprint density at radius 1 is 1.21 bits per heavy atom. The number of H-pyrrole nitrogens is 1. The van der Waals surface area contributed by atoms with Gasteiger partial charge >= 0.3 is 0 Å². The highest BCUT2D eigenvalue weighted by atomic mass is 32.1. The number of hydrogen-bond donors (Lipinski definition) is 2. The average Bonchev–Trinajstić information content (AvgIpc) is 2.43. The lowest BCUT2D eigenvalue weighted by Gasteiger charge is -2.09. The number of nitrogens with one attached hydrogen (secondary N) is 2. The van der Waals surface area contributed by atoms with Crippen molar-refractivity contribution in [2.75, 3.05) is 5.32 Å². The van der Waals surface area contributed by atoms with Gasteiger partial charge in [0.15, 0.2) is 5.82 Å². The Labute approximate surface area is 114 Å². The molecule has 3 rings (SSSR count). The standard InChI is InChI=1S/C13H11N5S/c1-8-12(16-13(19)18-17-8)15-10-6-2-4-9-5-3-7-14-11(9)10/h2-7H,1H3,(H2,15,16,18,19). The number of para-hydroxylation sites is 1. The van der Waals surface area contributed by atoms with Gasteiger partial charge in [-0.2, -0.15) is 10.1 Å². The second kappa shape index (κ2) is 4.74. The summed E-state index contributed by atoms with van der Waals surface area (Å²) >= 11 is 4.99. The molecular formula is C13H11N5S. The molecule has 2 heterocycles. The highest BCUT2D eigenvalue weighted by molar-refractivity contribution is 7.71. The molecule has 5 nitrogen and oxygen atoms in total. The molecule has 2 N–H and O–H groups in total. The van der Waals surface area contributed by atoms with E-state index in [0.29, 0.717) is 10.6 Å². The maximum atomic E-state index is 4.99. The van der Waals surface area contributed by atoms with Crippen LogP contribution < -0.4 is 5.32 Å². The van der Waals surface area contributed by atoms with Gasteiger partial charge in [0.25, 0.3) is 0 Å². The number of aryl methyl sites for hydroxylation is 1. The van der Waals surface area contributed by atoms with Crippen LogP contribution in [-0.4, -0.2) is 20.2 Å². The predicted octanol–water partition coefficient (Wildman–Crippen LogP) is 3.13. The lowest BCUT2D eigenvalue weighted by Crippen LogP contribution is -2.01. The highest BCUT2D eigenvalue weighted by Crippen LogP contribution is 2.24. The van der Waals surface area contributed by atoms with E-state index in [1.807, 2.05) is 37.3 Å². The summed E-state index contributed by atoms with van der Waals surface area (Å²) in [5.74, 6) is 0.641. The van der Waals surface area contributed by atoms with Crippen LogP contribution >= 0.6 is 12.2 Å². The van der Waals surface area contributed by atoms with Crippen molar-refractivity contribution in [1.82, 2.24) is 20.2 Å². The smallest absolute Gasteiger partial charge is 0.215 e. The third kappa shape index (κ3) is 2.30. The summed E-state index contributed by atoms with van der Waals surface area (Å²) in [5.41, 5.74) is 2.53. The van der Waals surface area contributed by atoms with Crippen LogP contribution in [0.3, 0.4) is 0 Å². The fraction of sp³-hybridized carbons (Fsp3) is 0.0769. The molecule has 0 saturated heterocycles. The number of anilines is 2. The van der Waals surface area contributed by atoms with Gasteiger partial charge in [0.1, 0.15) is 5.69 Å². The van der Waals surface area contributed by atoms with Crippen LogP contribution in [0.4, 0.5) is 11.5 Å². The second-order valence-corrected chi connectivity index (χ2v) is 4.47. The number of benzene rings is 1. The Morgan fingerprint density at radius 2 is 2.05 bits per heavy atom. The topological polar surface area (TPSA) is 66.5 Å². The molecule has 0 saturated carbocycles. The zero-order valence-corrected chi connectivity index (χ0v) is 11.0. The van der Waals surface area contributed by atoms with Crippen LogP contribution in [0.2, 0.25) is 0 Å². The van der Waals surface area contributed by atoms with Crippen LogP contribution in [0.15, 0.2) is 36.5 Å². The zero-order chi connectivity index (χ0) is 13.2. The number of aromatic amines is 1. The minimum atomic E-state index is 0.348. The van der Waals surface area contributed by atoms with Crippen molar-refractivity contribution >= 4 is 34.6 Å². The molecule has 3 aromatic rings. The fourth-order valence-corrected chi connectivity index (χ4v) is 1.98. The normalized spacial score (nSPS) is 10.6. The van der Waals surface area contributed by atoms with Crippen molar-refractivity contribution in [3.63, 3.8) is 0 Å². The zero-order valence-electron chi connectivity index (χ0n) is 10.2. The quantitative estimate of drug-likeness (QED) is 0.700. The van der Waals surface area contributed by atoms with Crippen molar-refractivity contribution in [3.05, 3.63) is 47.0 Å². The lowest BCUT2D eigenvalue weighted by atomic mass is 10.2. The number of hydrogen-bond acceptors (Lipinski definition) is 5. The maximum Gasteiger partial charge on any atom is 0.215 e. The van der Waals surface area contributed by atoms with E-state index < -0.39 is 0 Å². The van der Waals surface area contributed by atoms with Crippen molar-refractivity contribution < 1.29 is 0 Å². The lowest BCUT2D eigenvalue weighted by molar-refractivity contribution is 0.914. The molecular weight excluding hydrogens is 258 g/mol. The molecule has 0 aliphatic carbocycles. The molecule has 0 fully saturated rings. The van der Waals surface area contributed by atoms with Gasteiger partial charge in [0.2, 0.25) is 4.77 Å². The molecule has 1 aromatic carbocycles. The largest absolute Gasteiger partial charge is 0.337 e. The third-order valence-corrected chi connectivity index (χ3v) is 2.94. The van der Waals surface area contributed by atoms with E-state index in [-0.39, 0.29) is 0 Å². The fourth-order valence-electron chi connectivity index (χ4n) is 1.84. The molecule has 6 heteroatoms. The molecule has 0 bridgehead atoms. The van der Waals surface area contributed by atoms with E-state index in [1.54, 1.807) is 6.20 Å². The highest BCUT2D eigenvalue weighted by Gasteiger charge is 2.05. The summed E-state index contributed by atoms with van der Waals surface area (Å²) in [6.45, 7) is 1.86. The molecule has 0 spiro atoms. The Bertz CT molecular complexity index is 791. The van der Waals surface area contributed by atoms with Gasteiger partial charge in [-0.25, -0.2) is 0 Å². The minimum absolute atomic E-state index is 0.348. The van der Waals surface area contributed by atoms with E-state index >= 15 is 0 Å². The number of rotatable bonds is 2. The first-order chi connectivity index (χ1) is 9.24. The van der Waals surface area contributed by atoms with Gasteiger partial charge < -0.3 is 5.32 Å². The van der Waals surface area contributed by atoms with Gasteiger partial charge in [0.05, 0.1) is 11.2 Å². The number of pyridine rings is 1. The van der Waals surface area contributed by atoms with E-state index in [2.05, 4.69) is 25.5 Å². The van der Waals surface area contributed by atoms with E-state index in [1.165, 1.54) is 0 Å². The van der Waals surface area contributed by atoms with Gasteiger partial charge in [-0.15, -0.1) is 0 Å². The van der Waals surface area contributed by atoms with Gasteiger partial charge in [-0.3, -0.25) is 10.1 Å². The van der Waals surface area contributed by atoms with Crippen LogP contribution in [0.1, 0.15) is 5.69 Å².